The Hall–Kier alpha value is -2.12. The van der Waals surface area contributed by atoms with Gasteiger partial charge in [-0.05, 0) is 36.8 Å². The van der Waals surface area contributed by atoms with Crippen molar-refractivity contribution < 1.29 is 17.6 Å². The molecule has 5 nitrogen and oxygen atoms in total. The summed E-state index contributed by atoms with van der Waals surface area (Å²) in [7, 11) is -4.07. The molecule has 1 amide bonds. The van der Waals surface area contributed by atoms with Crippen LogP contribution in [0.3, 0.4) is 0 Å². The Morgan fingerprint density at radius 3 is 2.54 bits per heavy atom. The van der Waals surface area contributed by atoms with Crippen LogP contribution < -0.4 is 9.62 Å². The molecule has 126 valence electrons. The van der Waals surface area contributed by atoms with Crippen molar-refractivity contribution in [2.75, 3.05) is 16.2 Å². The number of carbonyl (C=O) groups excluding carboxylic acids is 1. The molecule has 3 rings (SSSR count). The van der Waals surface area contributed by atoms with Gasteiger partial charge < -0.3 is 4.90 Å². The van der Waals surface area contributed by atoms with Gasteiger partial charge in [0.2, 0.25) is 5.91 Å². The summed E-state index contributed by atoms with van der Waals surface area (Å²) in [6.45, 7) is 0.582. The number of halogens is 2. The molecule has 0 aliphatic carbocycles. The molecule has 1 heterocycles. The van der Waals surface area contributed by atoms with Crippen molar-refractivity contribution in [3.05, 3.63) is 53.3 Å². The molecular weight excluding hydrogens is 355 g/mol. The van der Waals surface area contributed by atoms with E-state index in [4.69, 9.17) is 11.6 Å². The maximum atomic E-state index is 13.7. The van der Waals surface area contributed by atoms with Gasteiger partial charge in [0.15, 0.2) is 0 Å². The highest BCUT2D eigenvalue weighted by molar-refractivity contribution is 7.92. The molecule has 0 spiro atoms. The van der Waals surface area contributed by atoms with Gasteiger partial charge in [-0.3, -0.25) is 9.52 Å². The number of rotatable bonds is 4. The first-order chi connectivity index (χ1) is 11.4. The quantitative estimate of drug-likeness (QED) is 0.899. The predicted octanol–water partition coefficient (Wildman–Crippen LogP) is 3.41. The van der Waals surface area contributed by atoms with Crippen molar-refractivity contribution in [2.45, 2.75) is 17.7 Å². The highest BCUT2D eigenvalue weighted by Crippen LogP contribution is 2.32. The Balaban J connectivity index is 1.87. The number of benzene rings is 2. The molecule has 24 heavy (non-hydrogen) atoms. The fourth-order valence-electron chi connectivity index (χ4n) is 2.56. The minimum atomic E-state index is -4.07. The molecular formula is C16H14ClFN2O3S. The average Bonchev–Trinajstić information content (AvgIpc) is 2.93. The van der Waals surface area contributed by atoms with Crippen molar-refractivity contribution in [2.24, 2.45) is 0 Å². The van der Waals surface area contributed by atoms with Crippen LogP contribution in [0.1, 0.15) is 12.8 Å². The molecule has 0 bridgehead atoms. The highest BCUT2D eigenvalue weighted by Gasteiger charge is 2.24. The summed E-state index contributed by atoms with van der Waals surface area (Å²) in [6.07, 6.45) is 1.23. The summed E-state index contributed by atoms with van der Waals surface area (Å²) in [4.78, 5) is 12.9. The van der Waals surface area contributed by atoms with Crippen LogP contribution in [-0.2, 0) is 14.8 Å². The van der Waals surface area contributed by atoms with E-state index in [1.54, 1.807) is 11.0 Å². The first-order valence-electron chi connectivity index (χ1n) is 7.26. The molecule has 1 aliphatic rings. The maximum Gasteiger partial charge on any atom is 0.264 e. The van der Waals surface area contributed by atoms with Crippen LogP contribution in [0.4, 0.5) is 15.8 Å². The summed E-state index contributed by atoms with van der Waals surface area (Å²) in [6, 6.07) is 9.57. The summed E-state index contributed by atoms with van der Waals surface area (Å²) in [5.74, 6) is -0.855. The SMILES string of the molecule is O=C1CCCN1c1ccc(NS(=O)(=O)c2ccccc2F)cc1Cl. The summed E-state index contributed by atoms with van der Waals surface area (Å²) < 4.78 is 40.5. The van der Waals surface area contributed by atoms with Gasteiger partial charge >= 0.3 is 0 Å². The van der Waals surface area contributed by atoms with Crippen molar-refractivity contribution in [3.8, 4) is 0 Å². The number of sulfonamides is 1. The summed E-state index contributed by atoms with van der Waals surface area (Å²) >= 11 is 6.18. The van der Waals surface area contributed by atoms with Crippen LogP contribution in [0.15, 0.2) is 47.4 Å². The number of nitrogens with zero attached hydrogens (tertiary/aromatic N) is 1. The first-order valence-corrected chi connectivity index (χ1v) is 9.12. The molecule has 1 fully saturated rings. The summed E-state index contributed by atoms with van der Waals surface area (Å²) in [5, 5.41) is 0.249. The zero-order valence-corrected chi connectivity index (χ0v) is 14.1. The van der Waals surface area contributed by atoms with Gasteiger partial charge in [0.25, 0.3) is 10.0 Å². The lowest BCUT2D eigenvalue weighted by atomic mass is 10.2. The maximum absolute atomic E-state index is 13.7. The van der Waals surface area contributed by atoms with Crippen LogP contribution >= 0.6 is 11.6 Å². The third-order valence-corrected chi connectivity index (χ3v) is 5.41. The van der Waals surface area contributed by atoms with E-state index in [2.05, 4.69) is 4.72 Å². The lowest BCUT2D eigenvalue weighted by Crippen LogP contribution is -2.24. The van der Waals surface area contributed by atoms with E-state index >= 15 is 0 Å². The van der Waals surface area contributed by atoms with E-state index in [0.717, 1.165) is 12.5 Å². The van der Waals surface area contributed by atoms with Gasteiger partial charge in [-0.1, -0.05) is 23.7 Å². The number of anilines is 2. The Bertz CT molecular complexity index is 902. The Morgan fingerprint density at radius 1 is 1.17 bits per heavy atom. The first kappa shape index (κ1) is 16.7. The fourth-order valence-corrected chi connectivity index (χ4v) is 3.98. The highest BCUT2D eigenvalue weighted by atomic mass is 35.5. The molecule has 0 radical (unpaired) electrons. The minimum Gasteiger partial charge on any atom is -0.311 e. The molecule has 0 unspecified atom stereocenters. The average molecular weight is 369 g/mol. The van der Waals surface area contributed by atoms with Gasteiger partial charge in [-0.15, -0.1) is 0 Å². The smallest absolute Gasteiger partial charge is 0.264 e. The third kappa shape index (κ3) is 3.22. The van der Waals surface area contributed by atoms with Gasteiger partial charge in [-0.25, -0.2) is 12.8 Å². The van der Waals surface area contributed by atoms with Crippen LogP contribution in [0.5, 0.6) is 0 Å². The van der Waals surface area contributed by atoms with Gasteiger partial charge in [0.1, 0.15) is 10.7 Å². The second-order valence-electron chi connectivity index (χ2n) is 5.35. The van der Waals surface area contributed by atoms with E-state index in [-0.39, 0.29) is 16.6 Å². The van der Waals surface area contributed by atoms with Crippen molar-refractivity contribution in [3.63, 3.8) is 0 Å². The van der Waals surface area contributed by atoms with E-state index in [1.165, 1.54) is 30.3 Å². The van der Waals surface area contributed by atoms with Gasteiger partial charge in [0, 0.05) is 13.0 Å². The molecule has 2 aromatic carbocycles. The third-order valence-electron chi connectivity index (χ3n) is 3.69. The lowest BCUT2D eigenvalue weighted by Gasteiger charge is -2.18. The number of hydrogen-bond acceptors (Lipinski definition) is 3. The predicted molar refractivity (Wildman–Crippen MR) is 90.2 cm³/mol. The monoisotopic (exact) mass is 368 g/mol. The lowest BCUT2D eigenvalue weighted by molar-refractivity contribution is -0.117. The normalized spacial score (nSPS) is 14.9. The number of carbonyl (C=O) groups is 1. The van der Waals surface area contributed by atoms with Crippen molar-refractivity contribution in [1.29, 1.82) is 0 Å². The molecule has 0 atom stereocenters. The standard InChI is InChI=1S/C16H14ClFN2O3S/c17-12-10-11(7-8-14(12)20-9-3-6-16(20)21)19-24(22,23)15-5-2-1-4-13(15)18/h1-2,4-5,7-8,10,19H,3,6,9H2. The van der Waals surface area contributed by atoms with E-state index in [1.807, 2.05) is 0 Å². The van der Waals surface area contributed by atoms with E-state index in [9.17, 15) is 17.6 Å². The zero-order chi connectivity index (χ0) is 17.3. The summed E-state index contributed by atoms with van der Waals surface area (Å²) in [5.41, 5.74) is 0.728. The van der Waals surface area contributed by atoms with E-state index in [0.29, 0.717) is 18.7 Å². The largest absolute Gasteiger partial charge is 0.311 e. The number of amides is 1. The van der Waals surface area contributed by atoms with Crippen molar-refractivity contribution in [1.82, 2.24) is 0 Å². The van der Waals surface area contributed by atoms with Gasteiger partial charge in [0.05, 0.1) is 16.4 Å². The number of hydrogen-bond donors (Lipinski definition) is 1. The Labute approximate surface area is 144 Å². The minimum absolute atomic E-state index is 0.0170. The molecule has 1 aliphatic heterocycles. The zero-order valence-electron chi connectivity index (χ0n) is 12.5. The molecule has 2 aromatic rings. The molecule has 1 saturated heterocycles. The molecule has 8 heteroatoms. The molecule has 0 saturated carbocycles. The van der Waals surface area contributed by atoms with Gasteiger partial charge in [-0.2, -0.15) is 0 Å². The number of nitrogens with one attached hydrogen (secondary N) is 1. The Kier molecular flexibility index (Phi) is 4.47. The molecule has 1 N–H and O–H groups in total. The van der Waals surface area contributed by atoms with E-state index < -0.39 is 20.7 Å². The molecule has 0 aromatic heterocycles. The Morgan fingerprint density at radius 2 is 1.92 bits per heavy atom. The topological polar surface area (TPSA) is 66.5 Å². The van der Waals surface area contributed by atoms with Crippen LogP contribution in [-0.4, -0.2) is 20.9 Å². The van der Waals surface area contributed by atoms with Crippen molar-refractivity contribution >= 4 is 38.9 Å². The van der Waals surface area contributed by atoms with Crippen LogP contribution in [0.25, 0.3) is 0 Å². The fraction of sp³-hybridized carbons (Fsp3) is 0.188. The van der Waals surface area contributed by atoms with Crippen LogP contribution in [0.2, 0.25) is 5.02 Å². The second kappa shape index (κ2) is 6.41. The van der Waals surface area contributed by atoms with Crippen LogP contribution in [0, 0.1) is 5.82 Å². The second-order valence-corrected chi connectivity index (χ2v) is 7.41.